The zero-order chi connectivity index (χ0) is 18.3. The second-order valence-electron chi connectivity index (χ2n) is 4.90. The van der Waals surface area contributed by atoms with E-state index in [1.54, 1.807) is 5.48 Å². The molecule has 0 aliphatic heterocycles. The summed E-state index contributed by atoms with van der Waals surface area (Å²) in [5.74, 6) is -2.01. The van der Waals surface area contributed by atoms with Crippen LogP contribution >= 0.6 is 11.3 Å². The molecule has 0 amide bonds. The third-order valence-corrected chi connectivity index (χ3v) is 4.35. The van der Waals surface area contributed by atoms with Gasteiger partial charge in [-0.2, -0.15) is 5.48 Å². The van der Waals surface area contributed by atoms with E-state index in [2.05, 4.69) is 10.0 Å². The molecule has 0 aliphatic carbocycles. The number of rotatable bonds is 10. The fraction of sp³-hybridized carbons (Fsp3) is 0.417. The van der Waals surface area contributed by atoms with Crippen LogP contribution in [0.5, 0.6) is 0 Å². The van der Waals surface area contributed by atoms with E-state index in [0.717, 1.165) is 17.6 Å². The van der Waals surface area contributed by atoms with Crippen LogP contribution in [-0.2, 0) is 14.8 Å². The molecule has 0 saturated heterocycles. The minimum absolute atomic E-state index is 0.0239. The minimum atomic E-state index is -3.59. The van der Waals surface area contributed by atoms with Gasteiger partial charge in [-0.05, 0) is 24.3 Å². The van der Waals surface area contributed by atoms with Crippen LogP contribution in [0.15, 0.2) is 11.4 Å². The Kier molecular flexibility index (Phi) is 7.28. The average molecular weight is 377 g/mol. The molecule has 0 aromatic carbocycles. The predicted octanol–water partition coefficient (Wildman–Crippen LogP) is -0.518. The number of nitrogens with one attached hydrogen (secondary N) is 4. The number of hydroxylamine groups is 1. The first-order valence-corrected chi connectivity index (χ1v) is 9.54. The van der Waals surface area contributed by atoms with Gasteiger partial charge in [0, 0.05) is 6.54 Å². The van der Waals surface area contributed by atoms with E-state index in [1.165, 1.54) is 11.4 Å². The number of carbonyl (C=O) groups is 2. The second-order valence-corrected chi connectivity index (χ2v) is 7.56. The summed E-state index contributed by atoms with van der Waals surface area (Å²) < 4.78 is 24.7. The molecule has 1 heterocycles. The lowest BCUT2D eigenvalue weighted by Gasteiger charge is -2.13. The highest BCUT2D eigenvalue weighted by Crippen LogP contribution is 2.24. The maximum Gasteiger partial charge on any atom is 0.242 e. The van der Waals surface area contributed by atoms with E-state index in [-0.39, 0.29) is 22.9 Å². The Hall–Kier alpha value is -2.02. The third-order valence-electron chi connectivity index (χ3n) is 2.85. The third kappa shape index (κ3) is 6.23. The molecule has 7 N–H and O–H groups in total. The van der Waals surface area contributed by atoms with E-state index in [4.69, 9.17) is 16.4 Å². The van der Waals surface area contributed by atoms with Crippen LogP contribution < -0.4 is 21.3 Å². The number of thiophene rings is 1. The molecule has 0 bridgehead atoms. The first kappa shape index (κ1) is 20.0. The summed E-state index contributed by atoms with van der Waals surface area (Å²) in [6, 6.07) is 0.240. The van der Waals surface area contributed by atoms with Gasteiger partial charge in [-0.15, -0.1) is 11.3 Å². The maximum absolute atomic E-state index is 12.3. The predicted molar refractivity (Wildman–Crippen MR) is 90.0 cm³/mol. The van der Waals surface area contributed by atoms with Crippen LogP contribution in [0.3, 0.4) is 0 Å². The molecule has 0 fully saturated rings. The Morgan fingerprint density at radius 2 is 2.12 bits per heavy atom. The minimum Gasteiger partial charge on any atom is -0.370 e. The SMILES string of the molecule is CS(=O)(=O)Nc1ccsc1C(=O)C(=O)[C@H](CCCNC(=N)N)NO. The Morgan fingerprint density at radius 3 is 2.67 bits per heavy atom. The highest BCUT2D eigenvalue weighted by atomic mass is 32.2. The maximum atomic E-state index is 12.3. The largest absolute Gasteiger partial charge is 0.370 e. The van der Waals surface area contributed by atoms with Gasteiger partial charge in [-0.3, -0.25) is 19.7 Å². The Labute approximate surface area is 142 Å². The molecule has 0 unspecified atom stereocenters. The lowest BCUT2D eigenvalue weighted by molar-refractivity contribution is -0.119. The molecule has 10 nitrogen and oxygen atoms in total. The highest BCUT2D eigenvalue weighted by Gasteiger charge is 2.28. The van der Waals surface area contributed by atoms with Gasteiger partial charge in [0.2, 0.25) is 21.6 Å². The summed E-state index contributed by atoms with van der Waals surface area (Å²) in [5, 5.41) is 20.1. The number of carbonyl (C=O) groups excluding carboxylic acids is 2. The topological polar surface area (TPSA) is 174 Å². The molecule has 1 aromatic rings. The number of hydrogen-bond donors (Lipinski definition) is 6. The number of sulfonamides is 1. The molecule has 0 spiro atoms. The molecule has 0 radical (unpaired) electrons. The lowest BCUT2D eigenvalue weighted by Crippen LogP contribution is -2.40. The Bertz CT molecular complexity index is 715. The molecule has 1 rings (SSSR count). The van der Waals surface area contributed by atoms with Gasteiger partial charge >= 0.3 is 0 Å². The quantitative estimate of drug-likeness (QED) is 0.0788. The fourth-order valence-electron chi connectivity index (χ4n) is 1.82. The number of nitrogens with two attached hydrogens (primary N) is 1. The number of anilines is 1. The van der Waals surface area contributed by atoms with Crippen LogP contribution in [0.2, 0.25) is 0 Å². The van der Waals surface area contributed by atoms with E-state index in [1.807, 2.05) is 0 Å². The van der Waals surface area contributed by atoms with Crippen molar-refractivity contribution in [3.05, 3.63) is 16.3 Å². The van der Waals surface area contributed by atoms with Gasteiger partial charge < -0.3 is 16.3 Å². The number of guanidine groups is 1. The summed E-state index contributed by atoms with van der Waals surface area (Å²) in [7, 11) is -3.59. The molecular formula is C12H19N5O5S2. The van der Waals surface area contributed by atoms with E-state index < -0.39 is 27.6 Å². The van der Waals surface area contributed by atoms with Crippen molar-refractivity contribution >= 4 is 44.6 Å². The van der Waals surface area contributed by atoms with Gasteiger partial charge in [0.15, 0.2) is 5.96 Å². The summed E-state index contributed by atoms with van der Waals surface area (Å²) >= 11 is 0.923. The zero-order valence-corrected chi connectivity index (χ0v) is 14.5. The van der Waals surface area contributed by atoms with Gasteiger partial charge in [0.25, 0.3) is 0 Å². The Morgan fingerprint density at radius 1 is 1.46 bits per heavy atom. The summed E-state index contributed by atoms with van der Waals surface area (Å²) in [5.41, 5.74) is 6.92. The molecule has 12 heteroatoms. The summed E-state index contributed by atoms with van der Waals surface area (Å²) in [6.07, 6.45) is 1.43. The van der Waals surface area contributed by atoms with Crippen LogP contribution in [0.4, 0.5) is 5.69 Å². The van der Waals surface area contributed by atoms with Crippen LogP contribution in [0.1, 0.15) is 22.5 Å². The highest BCUT2D eigenvalue weighted by molar-refractivity contribution is 7.92. The van der Waals surface area contributed by atoms with Crippen molar-refractivity contribution < 1.29 is 23.2 Å². The van der Waals surface area contributed by atoms with Crippen LogP contribution in [0, 0.1) is 5.41 Å². The van der Waals surface area contributed by atoms with E-state index in [0.29, 0.717) is 13.0 Å². The summed E-state index contributed by atoms with van der Waals surface area (Å²) in [4.78, 5) is 24.4. The number of Topliss-reactive ketones (excluding diaryl/α,β-unsaturated/α-hetero) is 2. The first-order valence-electron chi connectivity index (χ1n) is 6.77. The van der Waals surface area contributed by atoms with Crippen molar-refractivity contribution in [3.63, 3.8) is 0 Å². The fourth-order valence-corrected chi connectivity index (χ4v) is 3.25. The molecular weight excluding hydrogens is 358 g/mol. The average Bonchev–Trinajstić information content (AvgIpc) is 2.91. The first-order chi connectivity index (χ1) is 11.2. The van der Waals surface area contributed by atoms with Crippen LogP contribution in [0.25, 0.3) is 0 Å². The number of hydrogen-bond acceptors (Lipinski definition) is 8. The van der Waals surface area contributed by atoms with Crippen molar-refractivity contribution in [2.24, 2.45) is 5.73 Å². The van der Waals surface area contributed by atoms with Gasteiger partial charge in [0.1, 0.15) is 4.88 Å². The lowest BCUT2D eigenvalue weighted by atomic mass is 10.0. The van der Waals surface area contributed by atoms with Crippen molar-refractivity contribution in [3.8, 4) is 0 Å². The van der Waals surface area contributed by atoms with Gasteiger partial charge in [-0.25, -0.2) is 8.42 Å². The monoisotopic (exact) mass is 377 g/mol. The summed E-state index contributed by atoms with van der Waals surface area (Å²) in [6.45, 7) is 0.300. The zero-order valence-electron chi connectivity index (χ0n) is 12.8. The molecule has 0 saturated carbocycles. The number of ketones is 2. The van der Waals surface area contributed by atoms with Gasteiger partial charge in [0.05, 0.1) is 18.0 Å². The molecule has 1 atom stereocenters. The van der Waals surface area contributed by atoms with Crippen LogP contribution in [-0.4, -0.2) is 50.0 Å². The second kappa shape index (κ2) is 8.73. The van der Waals surface area contributed by atoms with Gasteiger partial charge in [-0.1, -0.05) is 0 Å². The normalized spacial score (nSPS) is 12.4. The molecule has 134 valence electrons. The van der Waals surface area contributed by atoms with Crippen molar-refractivity contribution in [1.29, 1.82) is 5.41 Å². The molecule has 24 heavy (non-hydrogen) atoms. The smallest absolute Gasteiger partial charge is 0.242 e. The van der Waals surface area contributed by atoms with Crippen molar-refractivity contribution in [1.82, 2.24) is 10.8 Å². The molecule has 1 aromatic heterocycles. The standard InChI is InChI=1S/C12H19N5O5S2/c1-24(21,22)17-8-4-6-23-11(8)10(19)9(18)7(16-20)3-2-5-15-12(13)14/h4,6-7,16-17,20H,2-3,5H2,1H3,(H4,13,14,15)/t7-/m0/s1. The Balaban J connectivity index is 2.77. The van der Waals surface area contributed by atoms with E-state index >= 15 is 0 Å². The van der Waals surface area contributed by atoms with E-state index in [9.17, 15) is 18.0 Å². The molecule has 0 aliphatic rings. The van der Waals surface area contributed by atoms with Crippen molar-refractivity contribution in [2.75, 3.05) is 17.5 Å². The van der Waals surface area contributed by atoms with Crippen molar-refractivity contribution in [2.45, 2.75) is 18.9 Å².